The van der Waals surface area contributed by atoms with Crippen LogP contribution in [0.4, 0.5) is 10.1 Å². The van der Waals surface area contributed by atoms with E-state index in [4.69, 9.17) is 4.52 Å². The Hall–Kier alpha value is -2.47. The van der Waals surface area contributed by atoms with Gasteiger partial charge in [0.25, 0.3) is 0 Å². The van der Waals surface area contributed by atoms with Crippen molar-refractivity contribution in [1.82, 2.24) is 0 Å². The van der Waals surface area contributed by atoms with E-state index in [1.165, 1.54) is 19.2 Å². The Morgan fingerprint density at radius 3 is 2.29 bits per heavy atom. The summed E-state index contributed by atoms with van der Waals surface area (Å²) in [7, 11) is -2.26. The molecule has 1 N–H and O–H groups in total. The first-order chi connectivity index (χ1) is 14.6. The quantitative estimate of drug-likeness (QED) is 0.421. The third kappa shape index (κ3) is 4.45. The molecular formula is C23H25FNO4PS. The molecule has 0 amide bonds. The number of aromatic carboxylic acids is 1. The zero-order valence-electron chi connectivity index (χ0n) is 18.0. The normalized spacial score (nSPS) is 13.3. The molecule has 0 saturated carbocycles. The first-order valence-electron chi connectivity index (χ1n) is 9.75. The number of carboxylic acids is 1. The molecule has 0 aliphatic carbocycles. The van der Waals surface area contributed by atoms with Crippen LogP contribution in [0, 0.1) is 19.7 Å². The predicted molar refractivity (Wildman–Crippen MR) is 124 cm³/mol. The number of aryl methyl sites for hydroxylation is 2. The highest BCUT2D eigenvalue weighted by atomic mass is 32.1. The highest BCUT2D eigenvalue weighted by Crippen LogP contribution is 2.55. The summed E-state index contributed by atoms with van der Waals surface area (Å²) in [6, 6.07) is 12.8. The van der Waals surface area contributed by atoms with E-state index in [0.717, 1.165) is 22.5 Å². The van der Waals surface area contributed by atoms with Crippen molar-refractivity contribution >= 4 is 35.8 Å². The molecule has 1 atom stereocenters. The van der Waals surface area contributed by atoms with Crippen LogP contribution in [0.15, 0.2) is 48.5 Å². The topological polar surface area (TPSA) is 66.8 Å². The molecule has 3 rings (SSSR count). The van der Waals surface area contributed by atoms with Gasteiger partial charge in [0.2, 0.25) is 0 Å². The molecule has 0 spiro atoms. The minimum absolute atomic E-state index is 0.0510. The maximum Gasteiger partial charge on any atom is 0.348 e. The van der Waals surface area contributed by atoms with Gasteiger partial charge in [-0.3, -0.25) is 9.24 Å². The zero-order valence-corrected chi connectivity index (χ0v) is 19.8. The number of rotatable bonds is 7. The summed E-state index contributed by atoms with van der Waals surface area (Å²) in [6.45, 7) is 7.50. The second kappa shape index (κ2) is 8.95. The molecule has 0 fully saturated rings. The number of halogens is 1. The van der Waals surface area contributed by atoms with Crippen molar-refractivity contribution in [2.45, 2.75) is 33.7 Å². The number of anilines is 1. The smallest absolute Gasteiger partial charge is 0.348 e. The molecule has 1 unspecified atom stereocenters. The Morgan fingerprint density at radius 2 is 1.77 bits per heavy atom. The highest BCUT2D eigenvalue weighted by Gasteiger charge is 2.39. The molecule has 0 saturated heterocycles. The molecule has 8 heteroatoms. The lowest BCUT2D eigenvalue weighted by atomic mass is 10.2. The molecule has 31 heavy (non-hydrogen) atoms. The second-order valence-electron chi connectivity index (χ2n) is 7.57. The summed E-state index contributed by atoms with van der Waals surface area (Å²) < 4.78 is 34.8. The summed E-state index contributed by atoms with van der Waals surface area (Å²) >= 11 is 1.06. The number of carbonyl (C=O) groups is 1. The van der Waals surface area contributed by atoms with E-state index in [9.17, 15) is 18.9 Å². The number of nitrogens with zero attached hydrogens (tertiary/aromatic N) is 1. The first-order valence-corrected chi connectivity index (χ1v) is 12.1. The first kappa shape index (κ1) is 23.2. The lowest BCUT2D eigenvalue weighted by Crippen LogP contribution is -2.34. The van der Waals surface area contributed by atoms with Gasteiger partial charge in [0.05, 0.1) is 11.0 Å². The molecule has 0 aliphatic heterocycles. The van der Waals surface area contributed by atoms with Crippen molar-refractivity contribution in [3.63, 3.8) is 0 Å². The van der Waals surface area contributed by atoms with Crippen LogP contribution in [0.2, 0.25) is 0 Å². The Labute approximate surface area is 185 Å². The highest BCUT2D eigenvalue weighted by molar-refractivity contribution is 7.68. The predicted octanol–water partition coefficient (Wildman–Crippen LogP) is 6.25. The van der Waals surface area contributed by atoms with Gasteiger partial charge in [0.15, 0.2) is 0 Å². The minimum Gasteiger partial charge on any atom is -0.477 e. The average Bonchev–Trinajstić information content (AvgIpc) is 3.13. The van der Waals surface area contributed by atoms with Gasteiger partial charge in [-0.05, 0) is 63.1 Å². The number of hydrogen-bond acceptors (Lipinski definition) is 4. The molecule has 164 valence electrons. The van der Waals surface area contributed by atoms with Crippen molar-refractivity contribution in [2.75, 3.05) is 11.8 Å². The summed E-state index contributed by atoms with van der Waals surface area (Å²) in [4.78, 5) is 12.8. The van der Waals surface area contributed by atoms with Crippen molar-refractivity contribution < 1.29 is 23.4 Å². The Kier molecular flexibility index (Phi) is 6.70. The van der Waals surface area contributed by atoms with E-state index < -0.39 is 13.5 Å². The van der Waals surface area contributed by atoms with Crippen molar-refractivity contribution in [3.8, 4) is 10.4 Å². The largest absolute Gasteiger partial charge is 0.477 e. The zero-order chi connectivity index (χ0) is 22.9. The number of hydrogen-bond donors (Lipinski definition) is 1. The van der Waals surface area contributed by atoms with Crippen LogP contribution < -0.4 is 9.97 Å². The maximum atomic E-state index is 14.3. The monoisotopic (exact) mass is 461 g/mol. The fourth-order valence-electron chi connectivity index (χ4n) is 3.61. The average molecular weight is 461 g/mol. The number of carboxylic acid groups (broad SMARTS) is 1. The second-order valence-corrected chi connectivity index (χ2v) is 10.9. The van der Waals surface area contributed by atoms with Crippen LogP contribution >= 0.6 is 18.9 Å². The molecule has 1 aromatic heterocycles. The van der Waals surface area contributed by atoms with Gasteiger partial charge < -0.3 is 9.63 Å². The van der Waals surface area contributed by atoms with E-state index in [1.807, 2.05) is 39.8 Å². The Balaban J connectivity index is 2.23. The van der Waals surface area contributed by atoms with Crippen molar-refractivity contribution in [3.05, 3.63) is 70.4 Å². The van der Waals surface area contributed by atoms with Crippen LogP contribution in [-0.2, 0) is 9.09 Å². The van der Waals surface area contributed by atoms with Crippen LogP contribution in [0.3, 0.4) is 0 Å². The van der Waals surface area contributed by atoms with E-state index in [0.29, 0.717) is 21.4 Å². The molecule has 3 aromatic rings. The van der Waals surface area contributed by atoms with Gasteiger partial charge >= 0.3 is 13.5 Å². The molecule has 5 nitrogen and oxygen atoms in total. The minimum atomic E-state index is -3.63. The van der Waals surface area contributed by atoms with Crippen LogP contribution in [0.5, 0.6) is 0 Å². The van der Waals surface area contributed by atoms with E-state index >= 15 is 0 Å². The number of benzene rings is 2. The summed E-state index contributed by atoms with van der Waals surface area (Å²) in [6.07, 6.45) is 0. The fraction of sp³-hybridized carbons (Fsp3) is 0.261. The van der Waals surface area contributed by atoms with Gasteiger partial charge in [-0.1, -0.05) is 29.8 Å². The molecular weight excluding hydrogens is 436 g/mol. The van der Waals surface area contributed by atoms with E-state index in [1.54, 1.807) is 28.9 Å². The standard InChI is InChI=1S/C23H25FNO4PS/c1-14(2)25(30(28,29-5)20-11-6-15(3)12-16(20)4)19-13-21(31-22(19)23(26)27)17-7-9-18(24)10-8-17/h6-14H,1-5H3,(H,26,27). The summed E-state index contributed by atoms with van der Waals surface area (Å²) in [5.74, 6) is -1.50. The van der Waals surface area contributed by atoms with Gasteiger partial charge in [-0.15, -0.1) is 11.3 Å². The van der Waals surface area contributed by atoms with Crippen LogP contribution in [0.25, 0.3) is 10.4 Å². The van der Waals surface area contributed by atoms with Crippen molar-refractivity contribution in [2.24, 2.45) is 0 Å². The third-order valence-electron chi connectivity index (χ3n) is 4.96. The van der Waals surface area contributed by atoms with Crippen LogP contribution in [-0.4, -0.2) is 24.2 Å². The Bertz CT molecular complexity index is 1160. The van der Waals surface area contributed by atoms with E-state index in [-0.39, 0.29) is 16.7 Å². The van der Waals surface area contributed by atoms with Gasteiger partial charge in [-0.2, -0.15) is 0 Å². The lowest BCUT2D eigenvalue weighted by Gasteiger charge is -2.35. The van der Waals surface area contributed by atoms with E-state index in [2.05, 4.69) is 0 Å². The SMILES string of the molecule is COP(=O)(c1ccc(C)cc1C)N(c1cc(-c2ccc(F)cc2)sc1C(=O)O)C(C)C. The Morgan fingerprint density at radius 1 is 1.13 bits per heavy atom. The van der Waals surface area contributed by atoms with Crippen LogP contribution in [0.1, 0.15) is 34.6 Å². The fourth-order valence-corrected chi connectivity index (χ4v) is 7.10. The summed E-state index contributed by atoms with van der Waals surface area (Å²) in [5.41, 5.74) is 2.83. The van der Waals surface area contributed by atoms with Gasteiger partial charge in [-0.25, -0.2) is 9.18 Å². The molecule has 0 radical (unpaired) electrons. The molecule has 1 heterocycles. The molecule has 0 bridgehead atoms. The summed E-state index contributed by atoms with van der Waals surface area (Å²) in [5, 5.41) is 10.4. The van der Waals surface area contributed by atoms with Crippen molar-refractivity contribution in [1.29, 1.82) is 0 Å². The van der Waals surface area contributed by atoms with Gasteiger partial charge in [0.1, 0.15) is 10.7 Å². The lowest BCUT2D eigenvalue weighted by molar-refractivity contribution is 0.0703. The molecule has 2 aromatic carbocycles. The van der Waals surface area contributed by atoms with Gasteiger partial charge in [0, 0.05) is 18.0 Å². The number of thiophene rings is 1. The third-order valence-corrected chi connectivity index (χ3v) is 8.97. The maximum absolute atomic E-state index is 14.3. The molecule has 0 aliphatic rings.